The van der Waals surface area contributed by atoms with Crippen molar-refractivity contribution >= 4 is 34.3 Å². The van der Waals surface area contributed by atoms with Crippen LogP contribution in [0.2, 0.25) is 0 Å². The SMILES string of the molecule is O=C(NCCc1c[nH]c2ccccc12)C(=O)Nc1ccccc1C(=O)NCc1ccccn1. The van der Waals surface area contributed by atoms with Crippen molar-refractivity contribution in [3.63, 3.8) is 0 Å². The minimum atomic E-state index is -0.834. The van der Waals surface area contributed by atoms with E-state index in [0.29, 0.717) is 18.7 Å². The molecule has 33 heavy (non-hydrogen) atoms. The lowest BCUT2D eigenvalue weighted by molar-refractivity contribution is -0.136. The first-order chi connectivity index (χ1) is 16.1. The van der Waals surface area contributed by atoms with Gasteiger partial charge in [0.15, 0.2) is 0 Å². The molecule has 3 amide bonds. The summed E-state index contributed by atoms with van der Waals surface area (Å²) in [5.74, 6) is -1.98. The highest BCUT2D eigenvalue weighted by Gasteiger charge is 2.18. The number of carbonyl (C=O) groups excluding carboxylic acids is 3. The van der Waals surface area contributed by atoms with E-state index in [1.807, 2.05) is 36.5 Å². The molecule has 0 radical (unpaired) electrons. The van der Waals surface area contributed by atoms with E-state index in [1.165, 1.54) is 0 Å². The molecule has 0 spiro atoms. The van der Waals surface area contributed by atoms with E-state index in [4.69, 9.17) is 0 Å². The number of hydrogen-bond donors (Lipinski definition) is 4. The summed E-state index contributed by atoms with van der Waals surface area (Å²) in [6.45, 7) is 0.552. The van der Waals surface area contributed by atoms with E-state index >= 15 is 0 Å². The summed E-state index contributed by atoms with van der Waals surface area (Å²) < 4.78 is 0. The highest BCUT2D eigenvalue weighted by atomic mass is 16.2. The fourth-order valence-electron chi connectivity index (χ4n) is 3.47. The molecular formula is C25H23N5O3. The number of para-hydroxylation sites is 2. The second-order valence-electron chi connectivity index (χ2n) is 7.37. The number of aromatic amines is 1. The fraction of sp³-hybridized carbons (Fsp3) is 0.120. The van der Waals surface area contributed by atoms with Crippen LogP contribution in [0.4, 0.5) is 5.69 Å². The number of anilines is 1. The van der Waals surface area contributed by atoms with Crippen LogP contribution >= 0.6 is 0 Å². The van der Waals surface area contributed by atoms with Crippen molar-refractivity contribution in [2.24, 2.45) is 0 Å². The Labute approximate surface area is 190 Å². The van der Waals surface area contributed by atoms with Crippen LogP contribution in [-0.2, 0) is 22.6 Å². The third kappa shape index (κ3) is 5.43. The second kappa shape index (κ2) is 10.2. The zero-order valence-corrected chi connectivity index (χ0v) is 17.8. The first-order valence-electron chi connectivity index (χ1n) is 10.5. The third-order valence-electron chi connectivity index (χ3n) is 5.14. The molecule has 4 aromatic rings. The van der Waals surface area contributed by atoms with Gasteiger partial charge in [0.1, 0.15) is 0 Å². The van der Waals surface area contributed by atoms with Crippen molar-refractivity contribution in [3.8, 4) is 0 Å². The minimum Gasteiger partial charge on any atom is -0.361 e. The number of carbonyl (C=O) groups is 3. The van der Waals surface area contributed by atoms with Gasteiger partial charge in [-0.1, -0.05) is 36.4 Å². The van der Waals surface area contributed by atoms with Crippen LogP contribution < -0.4 is 16.0 Å². The standard InChI is InChI=1S/C25H23N5O3/c31-23(29-16-18-7-5-6-13-26-18)20-9-2-4-11-22(20)30-25(33)24(32)27-14-12-17-15-28-21-10-3-1-8-19(17)21/h1-11,13,15,28H,12,14,16H2,(H,27,32)(H,29,31)(H,30,33). The molecule has 0 aliphatic carbocycles. The van der Waals surface area contributed by atoms with Crippen molar-refractivity contribution < 1.29 is 14.4 Å². The van der Waals surface area contributed by atoms with Gasteiger partial charge >= 0.3 is 11.8 Å². The number of amides is 3. The maximum Gasteiger partial charge on any atom is 0.313 e. The smallest absolute Gasteiger partial charge is 0.313 e. The molecule has 8 heteroatoms. The molecule has 2 aromatic carbocycles. The quantitative estimate of drug-likeness (QED) is 0.330. The molecule has 4 rings (SSSR count). The van der Waals surface area contributed by atoms with Crippen molar-refractivity contribution in [3.05, 3.63) is 95.9 Å². The molecule has 0 fully saturated rings. The van der Waals surface area contributed by atoms with Crippen LogP contribution in [0.25, 0.3) is 10.9 Å². The van der Waals surface area contributed by atoms with E-state index in [9.17, 15) is 14.4 Å². The number of pyridine rings is 1. The number of aromatic nitrogens is 2. The Bertz CT molecular complexity index is 1280. The number of fused-ring (bicyclic) bond motifs is 1. The van der Waals surface area contributed by atoms with Crippen LogP contribution in [0.3, 0.4) is 0 Å². The van der Waals surface area contributed by atoms with Gasteiger partial charge < -0.3 is 20.9 Å². The average Bonchev–Trinajstić information content (AvgIpc) is 3.26. The summed E-state index contributed by atoms with van der Waals surface area (Å²) in [7, 11) is 0. The number of nitrogens with zero attached hydrogens (tertiary/aromatic N) is 1. The summed E-state index contributed by atoms with van der Waals surface area (Å²) in [4.78, 5) is 44.6. The number of rotatable bonds is 7. The van der Waals surface area contributed by atoms with Crippen LogP contribution in [0.1, 0.15) is 21.6 Å². The van der Waals surface area contributed by atoms with Crippen LogP contribution in [0.5, 0.6) is 0 Å². The predicted molar refractivity (Wildman–Crippen MR) is 125 cm³/mol. The molecule has 0 aliphatic heterocycles. The first kappa shape index (κ1) is 21.8. The van der Waals surface area contributed by atoms with Crippen molar-refractivity contribution in [1.82, 2.24) is 20.6 Å². The summed E-state index contributed by atoms with van der Waals surface area (Å²) in [5.41, 5.74) is 3.30. The monoisotopic (exact) mass is 441 g/mol. The molecule has 0 unspecified atom stereocenters. The molecule has 0 saturated heterocycles. The number of benzene rings is 2. The fourth-order valence-corrected chi connectivity index (χ4v) is 3.47. The Kier molecular flexibility index (Phi) is 6.75. The van der Waals surface area contributed by atoms with Gasteiger partial charge in [0, 0.05) is 29.8 Å². The summed E-state index contributed by atoms with van der Waals surface area (Å²) >= 11 is 0. The number of nitrogens with one attached hydrogen (secondary N) is 4. The highest BCUT2D eigenvalue weighted by Crippen LogP contribution is 2.18. The predicted octanol–water partition coefficient (Wildman–Crippen LogP) is 2.79. The largest absolute Gasteiger partial charge is 0.361 e. The van der Waals surface area contributed by atoms with Gasteiger partial charge in [0.2, 0.25) is 0 Å². The Balaban J connectivity index is 1.32. The van der Waals surface area contributed by atoms with E-state index in [-0.39, 0.29) is 23.7 Å². The third-order valence-corrected chi connectivity index (χ3v) is 5.14. The molecule has 0 aliphatic rings. The highest BCUT2D eigenvalue weighted by molar-refractivity contribution is 6.40. The summed E-state index contributed by atoms with van der Waals surface area (Å²) in [6, 6.07) is 19.8. The molecule has 2 heterocycles. The second-order valence-corrected chi connectivity index (χ2v) is 7.37. The lowest BCUT2D eigenvalue weighted by Crippen LogP contribution is -2.37. The topological polar surface area (TPSA) is 116 Å². The molecule has 2 aromatic heterocycles. The van der Waals surface area contributed by atoms with Crippen LogP contribution in [0, 0.1) is 0 Å². The van der Waals surface area contributed by atoms with Crippen molar-refractivity contribution in [2.45, 2.75) is 13.0 Å². The maximum absolute atomic E-state index is 12.6. The van der Waals surface area contributed by atoms with Gasteiger partial charge in [0.25, 0.3) is 5.91 Å². The number of hydrogen-bond acceptors (Lipinski definition) is 4. The molecular weight excluding hydrogens is 418 g/mol. The van der Waals surface area contributed by atoms with Gasteiger partial charge in [-0.25, -0.2) is 0 Å². The van der Waals surface area contributed by atoms with Crippen molar-refractivity contribution in [2.75, 3.05) is 11.9 Å². The summed E-state index contributed by atoms with van der Waals surface area (Å²) in [5, 5.41) is 9.01. The molecule has 0 saturated carbocycles. The molecule has 0 atom stereocenters. The van der Waals surface area contributed by atoms with Crippen LogP contribution in [-0.4, -0.2) is 34.2 Å². The Morgan fingerprint density at radius 1 is 0.848 bits per heavy atom. The molecule has 0 bridgehead atoms. The number of H-pyrrole nitrogens is 1. The summed E-state index contributed by atoms with van der Waals surface area (Å²) in [6.07, 6.45) is 4.12. The van der Waals surface area contributed by atoms with E-state index in [2.05, 4.69) is 25.9 Å². The Morgan fingerprint density at radius 2 is 1.64 bits per heavy atom. The minimum absolute atomic E-state index is 0.246. The van der Waals surface area contributed by atoms with Gasteiger partial charge in [-0.05, 0) is 42.3 Å². The van der Waals surface area contributed by atoms with Gasteiger partial charge in [-0.3, -0.25) is 19.4 Å². The zero-order valence-electron chi connectivity index (χ0n) is 17.8. The zero-order chi connectivity index (χ0) is 23.0. The molecule has 166 valence electrons. The molecule has 8 nitrogen and oxygen atoms in total. The van der Waals surface area contributed by atoms with Crippen LogP contribution in [0.15, 0.2) is 79.1 Å². The van der Waals surface area contributed by atoms with Gasteiger partial charge in [-0.2, -0.15) is 0 Å². The van der Waals surface area contributed by atoms with Gasteiger partial charge in [-0.15, -0.1) is 0 Å². The Hall–Kier alpha value is -4.46. The lowest BCUT2D eigenvalue weighted by atomic mass is 10.1. The van der Waals surface area contributed by atoms with E-state index < -0.39 is 11.8 Å². The van der Waals surface area contributed by atoms with E-state index in [1.54, 1.807) is 42.6 Å². The van der Waals surface area contributed by atoms with E-state index in [0.717, 1.165) is 16.5 Å². The Morgan fingerprint density at radius 3 is 2.48 bits per heavy atom. The lowest BCUT2D eigenvalue weighted by Gasteiger charge is -2.11. The van der Waals surface area contributed by atoms with Gasteiger partial charge in [0.05, 0.1) is 23.5 Å². The molecule has 4 N–H and O–H groups in total. The first-order valence-corrected chi connectivity index (χ1v) is 10.5. The van der Waals surface area contributed by atoms with Crippen molar-refractivity contribution in [1.29, 1.82) is 0 Å². The average molecular weight is 441 g/mol. The maximum atomic E-state index is 12.6. The normalized spacial score (nSPS) is 10.5.